The third-order valence-corrected chi connectivity index (χ3v) is 3.49. The molecule has 1 aromatic heterocycles. The summed E-state index contributed by atoms with van der Waals surface area (Å²) in [7, 11) is 0. The number of benzene rings is 1. The first kappa shape index (κ1) is 14.4. The Hall–Kier alpha value is -1.96. The highest BCUT2D eigenvalue weighted by atomic mass is 16.1. The van der Waals surface area contributed by atoms with E-state index in [0.717, 1.165) is 12.0 Å². The summed E-state index contributed by atoms with van der Waals surface area (Å²) in [6.07, 6.45) is 5.46. The van der Waals surface area contributed by atoms with E-state index in [1.165, 1.54) is 11.1 Å². The molecule has 2 aromatic rings. The van der Waals surface area contributed by atoms with Crippen LogP contribution >= 0.6 is 0 Å². The second-order valence-corrected chi connectivity index (χ2v) is 5.47. The second kappa shape index (κ2) is 6.99. The number of nitrogens with zero attached hydrogens (tertiary/aromatic N) is 1. The van der Waals surface area contributed by atoms with Gasteiger partial charge in [0, 0.05) is 25.2 Å². The van der Waals surface area contributed by atoms with Crippen LogP contribution in [0.2, 0.25) is 0 Å². The number of ketones is 1. The minimum absolute atomic E-state index is 0.291. The van der Waals surface area contributed by atoms with Crippen LogP contribution in [0.25, 0.3) is 0 Å². The maximum absolute atomic E-state index is 12.0. The number of carbonyl (C=O) groups excluding carboxylic acids is 1. The molecule has 1 heterocycles. The molecule has 0 atom stereocenters. The molecule has 20 heavy (non-hydrogen) atoms. The van der Waals surface area contributed by atoms with E-state index in [9.17, 15) is 4.79 Å². The second-order valence-electron chi connectivity index (χ2n) is 5.47. The molecule has 0 N–H and O–H groups in total. The summed E-state index contributed by atoms with van der Waals surface area (Å²) >= 11 is 0. The van der Waals surface area contributed by atoms with Gasteiger partial charge in [-0.1, -0.05) is 38.1 Å². The van der Waals surface area contributed by atoms with Crippen molar-refractivity contribution in [3.63, 3.8) is 0 Å². The zero-order chi connectivity index (χ0) is 14.4. The van der Waals surface area contributed by atoms with Gasteiger partial charge in [-0.25, -0.2) is 0 Å². The summed E-state index contributed by atoms with van der Waals surface area (Å²) in [5.41, 5.74) is 3.59. The van der Waals surface area contributed by atoms with E-state index < -0.39 is 0 Å². The van der Waals surface area contributed by atoms with Crippen molar-refractivity contribution in [1.82, 2.24) is 4.98 Å². The monoisotopic (exact) mass is 267 g/mol. The molecule has 0 aliphatic carbocycles. The first-order valence-electron chi connectivity index (χ1n) is 7.14. The Morgan fingerprint density at radius 3 is 2.25 bits per heavy atom. The fourth-order valence-corrected chi connectivity index (χ4v) is 2.17. The maximum Gasteiger partial charge on any atom is 0.137 e. The molecule has 2 rings (SSSR count). The van der Waals surface area contributed by atoms with Crippen molar-refractivity contribution in [2.24, 2.45) is 0 Å². The van der Waals surface area contributed by atoms with Crippen molar-refractivity contribution in [1.29, 1.82) is 0 Å². The van der Waals surface area contributed by atoms with Crippen LogP contribution in [0.3, 0.4) is 0 Å². The minimum atomic E-state index is 0.291. The fourth-order valence-electron chi connectivity index (χ4n) is 2.17. The lowest BCUT2D eigenvalue weighted by atomic mass is 9.98. The summed E-state index contributed by atoms with van der Waals surface area (Å²) < 4.78 is 0. The standard InChI is InChI=1S/C18H21NO/c1-14(2)17-6-3-16(4-7-17)13-18(20)8-5-15-9-11-19-12-10-15/h3-4,6-7,9-12,14H,5,8,13H2,1-2H3. The molecule has 104 valence electrons. The van der Waals surface area contributed by atoms with E-state index in [1.54, 1.807) is 12.4 Å². The highest BCUT2D eigenvalue weighted by Gasteiger charge is 2.05. The SMILES string of the molecule is CC(C)c1ccc(CC(=O)CCc2ccncc2)cc1. The van der Waals surface area contributed by atoms with Gasteiger partial charge in [-0.15, -0.1) is 0 Å². The van der Waals surface area contributed by atoms with E-state index >= 15 is 0 Å². The number of hydrogen-bond acceptors (Lipinski definition) is 2. The molecule has 0 bridgehead atoms. The van der Waals surface area contributed by atoms with Gasteiger partial charge in [-0.05, 0) is 41.2 Å². The molecule has 0 fully saturated rings. The zero-order valence-corrected chi connectivity index (χ0v) is 12.2. The van der Waals surface area contributed by atoms with Gasteiger partial charge in [0.2, 0.25) is 0 Å². The molecule has 0 aliphatic heterocycles. The first-order valence-corrected chi connectivity index (χ1v) is 7.14. The molecule has 0 saturated heterocycles. The van der Waals surface area contributed by atoms with Crippen LogP contribution in [-0.2, 0) is 17.6 Å². The largest absolute Gasteiger partial charge is 0.299 e. The van der Waals surface area contributed by atoms with Gasteiger partial charge in [-0.3, -0.25) is 9.78 Å². The molecule has 0 saturated carbocycles. The van der Waals surface area contributed by atoms with Gasteiger partial charge < -0.3 is 0 Å². The number of pyridine rings is 1. The van der Waals surface area contributed by atoms with E-state index in [2.05, 4.69) is 43.1 Å². The van der Waals surface area contributed by atoms with E-state index in [0.29, 0.717) is 24.5 Å². The summed E-state index contributed by atoms with van der Waals surface area (Å²) in [6.45, 7) is 4.35. The number of hydrogen-bond donors (Lipinski definition) is 0. The molecular formula is C18H21NO. The van der Waals surface area contributed by atoms with Gasteiger partial charge in [-0.2, -0.15) is 0 Å². The van der Waals surface area contributed by atoms with Crippen molar-refractivity contribution in [2.75, 3.05) is 0 Å². The lowest BCUT2D eigenvalue weighted by Gasteiger charge is -2.06. The van der Waals surface area contributed by atoms with Crippen LogP contribution < -0.4 is 0 Å². The van der Waals surface area contributed by atoms with Gasteiger partial charge in [0.05, 0.1) is 0 Å². The average Bonchev–Trinajstić information content (AvgIpc) is 2.47. The fraction of sp³-hybridized carbons (Fsp3) is 0.333. The van der Waals surface area contributed by atoms with Crippen molar-refractivity contribution in [3.05, 3.63) is 65.5 Å². The third kappa shape index (κ3) is 4.30. The predicted octanol–water partition coefficient (Wildman–Crippen LogP) is 3.95. The summed E-state index contributed by atoms with van der Waals surface area (Å²) in [5.74, 6) is 0.825. The number of carbonyl (C=O) groups is 1. The molecule has 0 unspecified atom stereocenters. The number of rotatable bonds is 6. The van der Waals surface area contributed by atoms with Crippen LogP contribution in [0.4, 0.5) is 0 Å². The Balaban J connectivity index is 1.85. The summed E-state index contributed by atoms with van der Waals surface area (Å²) in [5, 5.41) is 0. The van der Waals surface area contributed by atoms with Crippen molar-refractivity contribution >= 4 is 5.78 Å². The summed E-state index contributed by atoms with van der Waals surface area (Å²) in [6, 6.07) is 12.3. The normalized spacial score (nSPS) is 10.8. The minimum Gasteiger partial charge on any atom is -0.299 e. The van der Waals surface area contributed by atoms with Crippen LogP contribution in [0.15, 0.2) is 48.8 Å². The topological polar surface area (TPSA) is 30.0 Å². The number of aromatic nitrogens is 1. The van der Waals surface area contributed by atoms with Gasteiger partial charge in [0.25, 0.3) is 0 Å². The number of aryl methyl sites for hydroxylation is 1. The maximum atomic E-state index is 12.0. The Kier molecular flexibility index (Phi) is 5.05. The van der Waals surface area contributed by atoms with Gasteiger partial charge >= 0.3 is 0 Å². The smallest absolute Gasteiger partial charge is 0.137 e. The lowest BCUT2D eigenvalue weighted by molar-refractivity contribution is -0.118. The van der Waals surface area contributed by atoms with Crippen LogP contribution in [-0.4, -0.2) is 10.8 Å². The quantitative estimate of drug-likeness (QED) is 0.793. The lowest BCUT2D eigenvalue weighted by Crippen LogP contribution is -2.04. The Morgan fingerprint density at radius 2 is 1.65 bits per heavy atom. The molecule has 2 heteroatoms. The third-order valence-electron chi connectivity index (χ3n) is 3.49. The zero-order valence-electron chi connectivity index (χ0n) is 12.2. The molecule has 0 amide bonds. The van der Waals surface area contributed by atoms with Crippen LogP contribution in [0.5, 0.6) is 0 Å². The summed E-state index contributed by atoms with van der Waals surface area (Å²) in [4.78, 5) is 16.0. The average molecular weight is 267 g/mol. The molecule has 0 spiro atoms. The van der Waals surface area contributed by atoms with Crippen molar-refractivity contribution in [2.45, 2.75) is 39.0 Å². The molecule has 0 radical (unpaired) electrons. The van der Waals surface area contributed by atoms with Gasteiger partial charge in [0.1, 0.15) is 5.78 Å². The Bertz CT molecular complexity index is 543. The molecule has 1 aromatic carbocycles. The highest BCUT2D eigenvalue weighted by molar-refractivity contribution is 5.81. The van der Waals surface area contributed by atoms with E-state index in [4.69, 9.17) is 0 Å². The van der Waals surface area contributed by atoms with E-state index in [-0.39, 0.29) is 0 Å². The highest BCUT2D eigenvalue weighted by Crippen LogP contribution is 2.15. The van der Waals surface area contributed by atoms with Crippen molar-refractivity contribution in [3.8, 4) is 0 Å². The first-order chi connectivity index (χ1) is 9.65. The van der Waals surface area contributed by atoms with Gasteiger partial charge in [0.15, 0.2) is 0 Å². The van der Waals surface area contributed by atoms with Crippen LogP contribution in [0.1, 0.15) is 42.9 Å². The molecule has 2 nitrogen and oxygen atoms in total. The predicted molar refractivity (Wildman–Crippen MR) is 81.8 cm³/mol. The molecule has 0 aliphatic rings. The Labute approximate surface area is 120 Å². The Morgan fingerprint density at radius 1 is 1.00 bits per heavy atom. The number of Topliss-reactive ketones (excluding diaryl/α,β-unsaturated/α-hetero) is 1. The van der Waals surface area contributed by atoms with Crippen LogP contribution in [0, 0.1) is 0 Å². The molecular weight excluding hydrogens is 246 g/mol. The van der Waals surface area contributed by atoms with Crippen molar-refractivity contribution < 1.29 is 4.79 Å². The van der Waals surface area contributed by atoms with E-state index in [1.807, 2.05) is 12.1 Å².